The number of carbonyl (C=O) groups excluding carboxylic acids is 1. The lowest BCUT2D eigenvalue weighted by molar-refractivity contribution is -0.352. The Balaban J connectivity index is 1.75. The van der Waals surface area contributed by atoms with E-state index in [0.29, 0.717) is 51.9 Å². The second kappa shape index (κ2) is 15.4. The minimum Gasteiger partial charge on any atom is -0.411 e. The first-order valence-electron chi connectivity index (χ1n) is 15.9. The van der Waals surface area contributed by atoms with Crippen LogP contribution in [0.15, 0.2) is 28.7 Å². The molecule has 246 valence electrons. The molecular weight excluding hydrogens is 644 g/mol. The van der Waals surface area contributed by atoms with Crippen LogP contribution in [0, 0.1) is 0 Å². The zero-order valence-electron chi connectivity index (χ0n) is 28.1. The maximum Gasteiger partial charge on any atom is 0.192 e. The van der Waals surface area contributed by atoms with E-state index in [-0.39, 0.29) is 30.1 Å². The summed E-state index contributed by atoms with van der Waals surface area (Å²) in [6.45, 7) is 22.6. The monoisotopic (exact) mass is 700 g/mol. The molecule has 0 amide bonds. The molecule has 1 spiro atoms. The maximum absolute atomic E-state index is 11.7. The fourth-order valence-electron chi connectivity index (χ4n) is 5.81. The Bertz CT molecular complexity index is 1030. The summed E-state index contributed by atoms with van der Waals surface area (Å²) in [4.78, 5) is 11.7. The average Bonchev–Trinajstić information content (AvgIpc) is 2.85. The number of aldehydes is 1. The lowest BCUT2D eigenvalue weighted by Gasteiger charge is -2.55. The molecule has 0 unspecified atom stereocenters. The Morgan fingerprint density at radius 2 is 1.72 bits per heavy atom. The van der Waals surface area contributed by atoms with E-state index in [4.69, 9.17) is 28.1 Å². The van der Waals surface area contributed by atoms with Gasteiger partial charge in [-0.15, -0.1) is 0 Å². The number of halogens is 1. The number of hydrogen-bond donors (Lipinski definition) is 0. The van der Waals surface area contributed by atoms with Crippen molar-refractivity contribution in [3.05, 3.63) is 34.3 Å². The number of ether oxygens (including phenoxy) is 5. The Hall–Kier alpha value is -0.436. The first-order valence-corrected chi connectivity index (χ1v) is 23.4. The molecule has 0 aliphatic carbocycles. The minimum absolute atomic E-state index is 0.0571. The van der Waals surface area contributed by atoms with Gasteiger partial charge < -0.3 is 32.9 Å². The van der Waals surface area contributed by atoms with E-state index in [0.717, 1.165) is 28.8 Å². The molecule has 5 atom stereocenters. The fraction of sp³-hybridized carbons (Fsp3) is 0.788. The summed E-state index contributed by atoms with van der Waals surface area (Å²) in [7, 11) is -3.29. The summed E-state index contributed by atoms with van der Waals surface area (Å²) < 4.78 is 40.0. The van der Waals surface area contributed by atoms with Crippen molar-refractivity contribution >= 4 is 38.6 Å². The van der Waals surface area contributed by atoms with Crippen LogP contribution >= 0.6 is 15.9 Å². The van der Waals surface area contributed by atoms with Crippen molar-refractivity contribution in [3.63, 3.8) is 0 Å². The van der Waals surface area contributed by atoms with Crippen molar-refractivity contribution < 1.29 is 32.9 Å². The van der Waals surface area contributed by atoms with Gasteiger partial charge >= 0.3 is 0 Å². The summed E-state index contributed by atoms with van der Waals surface area (Å²) in [5.41, 5.74) is 0.636. The predicted octanol–water partition coefficient (Wildman–Crippen LogP) is 8.48. The lowest BCUT2D eigenvalue weighted by atomic mass is 9.81. The first-order chi connectivity index (χ1) is 19.9. The van der Waals surface area contributed by atoms with Crippen molar-refractivity contribution in [2.45, 2.75) is 146 Å². The van der Waals surface area contributed by atoms with Crippen molar-refractivity contribution in [1.29, 1.82) is 0 Å². The van der Waals surface area contributed by atoms with E-state index in [1.807, 2.05) is 18.2 Å². The van der Waals surface area contributed by atoms with Crippen molar-refractivity contribution in [3.8, 4) is 0 Å². The van der Waals surface area contributed by atoms with Gasteiger partial charge in [0.1, 0.15) is 13.1 Å². The molecule has 3 rings (SSSR count). The van der Waals surface area contributed by atoms with Gasteiger partial charge in [0.15, 0.2) is 14.1 Å². The Labute approximate surface area is 271 Å². The van der Waals surface area contributed by atoms with Crippen molar-refractivity contribution in [2.24, 2.45) is 0 Å². The van der Waals surface area contributed by atoms with E-state index in [2.05, 4.69) is 82.4 Å². The van der Waals surface area contributed by atoms with Crippen LogP contribution in [-0.2, 0) is 39.5 Å². The normalized spacial score (nSPS) is 28.7. The standard InChI is InChI=1S/C33H57BrO7Si2/c1-31(2,3)43(8,9)41-32(4)21-28(14-16-35)40-33(24-32)22-29(38-25-37-18-19-42(5,6)7)20-27(39-33)15-17-36-23-26-12-10-11-13-30(26)34/h10-13,16,27-29H,14-15,17-25H2,1-9H3/t27-,28-,29-,32-,33+/m0/s1. The molecule has 43 heavy (non-hydrogen) atoms. The third kappa shape index (κ3) is 11.7. The highest BCUT2D eigenvalue weighted by molar-refractivity contribution is 9.10. The third-order valence-corrected chi connectivity index (χ3v) is 16.1. The molecule has 2 saturated heterocycles. The smallest absolute Gasteiger partial charge is 0.192 e. The highest BCUT2D eigenvalue weighted by Crippen LogP contribution is 2.49. The van der Waals surface area contributed by atoms with E-state index in [1.165, 1.54) is 0 Å². The highest BCUT2D eigenvalue weighted by atomic mass is 79.9. The molecule has 0 bridgehead atoms. The molecule has 10 heteroatoms. The van der Waals surface area contributed by atoms with Crippen LogP contribution in [0.5, 0.6) is 0 Å². The van der Waals surface area contributed by atoms with Gasteiger partial charge in [-0.3, -0.25) is 0 Å². The summed E-state index contributed by atoms with van der Waals surface area (Å²) >= 11 is 3.61. The summed E-state index contributed by atoms with van der Waals surface area (Å²) in [5, 5.41) is 0.0571. The SMILES string of the molecule is CC(C)(C)[Si](C)(C)O[C@@]1(C)C[C@H](CC=O)O[C@]2(C[C@@H](OCOCC[Si](C)(C)C)C[C@H](CCOCc3ccccc3Br)O2)C1. The second-order valence-electron chi connectivity index (χ2n) is 15.5. The van der Waals surface area contributed by atoms with E-state index < -0.39 is 27.8 Å². The van der Waals surface area contributed by atoms with Crippen molar-refractivity contribution in [1.82, 2.24) is 0 Å². The average molecular weight is 702 g/mol. The highest BCUT2D eigenvalue weighted by Gasteiger charge is 2.55. The molecule has 0 radical (unpaired) electrons. The molecule has 1 aromatic carbocycles. The van der Waals surface area contributed by atoms with E-state index >= 15 is 0 Å². The van der Waals surface area contributed by atoms with Gasteiger partial charge in [-0.25, -0.2) is 0 Å². The molecule has 0 saturated carbocycles. The maximum atomic E-state index is 11.7. The molecular formula is C33H57BrO7Si2. The number of carbonyl (C=O) groups is 1. The fourth-order valence-corrected chi connectivity index (χ4v) is 8.66. The Morgan fingerprint density at radius 3 is 2.37 bits per heavy atom. The molecule has 2 aliphatic rings. The molecule has 2 fully saturated rings. The number of hydrogen-bond acceptors (Lipinski definition) is 7. The summed E-state index contributed by atoms with van der Waals surface area (Å²) in [5.74, 6) is -0.905. The van der Waals surface area contributed by atoms with Crippen LogP contribution in [0.1, 0.15) is 71.8 Å². The number of benzene rings is 1. The Morgan fingerprint density at radius 1 is 1.02 bits per heavy atom. The van der Waals surface area contributed by atoms with Gasteiger partial charge in [0.25, 0.3) is 0 Å². The lowest BCUT2D eigenvalue weighted by Crippen LogP contribution is -2.61. The van der Waals surface area contributed by atoms with Crippen LogP contribution in [0.2, 0.25) is 43.8 Å². The van der Waals surface area contributed by atoms with Crippen LogP contribution in [0.3, 0.4) is 0 Å². The second-order valence-corrected chi connectivity index (χ2v) is 26.7. The zero-order chi connectivity index (χ0) is 31.9. The van der Waals surface area contributed by atoms with Gasteiger partial charge in [0, 0.05) is 57.9 Å². The van der Waals surface area contributed by atoms with Crippen LogP contribution in [-0.4, -0.2) is 72.4 Å². The molecule has 0 aromatic heterocycles. The third-order valence-electron chi connectivity index (χ3n) is 8.98. The molecule has 7 nitrogen and oxygen atoms in total. The van der Waals surface area contributed by atoms with E-state index in [1.54, 1.807) is 0 Å². The van der Waals surface area contributed by atoms with Crippen LogP contribution in [0.4, 0.5) is 0 Å². The summed E-state index contributed by atoms with van der Waals surface area (Å²) in [6.07, 6.45) is 4.04. The Kier molecular flexibility index (Phi) is 13.3. The molecule has 2 aliphatic heterocycles. The van der Waals surface area contributed by atoms with E-state index in [9.17, 15) is 4.79 Å². The minimum atomic E-state index is -2.11. The zero-order valence-corrected chi connectivity index (χ0v) is 31.7. The van der Waals surface area contributed by atoms with Gasteiger partial charge in [-0.1, -0.05) is 74.5 Å². The quantitative estimate of drug-likeness (QED) is 0.0787. The molecule has 0 N–H and O–H groups in total. The van der Waals surface area contributed by atoms with Crippen LogP contribution in [0.25, 0.3) is 0 Å². The first kappa shape index (κ1) is 37.0. The topological polar surface area (TPSA) is 72.5 Å². The van der Waals surface area contributed by atoms with Crippen LogP contribution < -0.4 is 0 Å². The predicted molar refractivity (Wildman–Crippen MR) is 181 cm³/mol. The molecule has 1 aromatic rings. The number of rotatable bonds is 15. The summed E-state index contributed by atoms with van der Waals surface area (Å²) in [6, 6.07) is 9.21. The molecule has 2 heterocycles. The van der Waals surface area contributed by atoms with Crippen molar-refractivity contribution in [2.75, 3.05) is 20.0 Å². The van der Waals surface area contributed by atoms with Gasteiger partial charge in [0.05, 0.1) is 30.5 Å². The van der Waals surface area contributed by atoms with Gasteiger partial charge in [-0.2, -0.15) is 0 Å². The van der Waals surface area contributed by atoms with Gasteiger partial charge in [0.2, 0.25) is 0 Å². The largest absolute Gasteiger partial charge is 0.411 e. The van der Waals surface area contributed by atoms with Gasteiger partial charge in [-0.05, 0) is 49.2 Å².